The number of hydrogen-bond donors (Lipinski definition) is 1. The number of carboxylic acids is 1. The molecule has 0 saturated heterocycles. The summed E-state index contributed by atoms with van der Waals surface area (Å²) in [6.45, 7) is 2.05. The van der Waals surface area contributed by atoms with Crippen LogP contribution in [0.4, 0.5) is 0 Å². The van der Waals surface area contributed by atoms with Crippen molar-refractivity contribution >= 4 is 28.9 Å². The standard InChI is InChI=1S/C14H14ClNO2S/c1-2-5-11-12(8-13(17)18)19-14(16-11)9-6-3-4-7-10(9)15/h3-4,6-7H,2,5,8H2,1H3,(H,17,18). The van der Waals surface area contributed by atoms with Crippen molar-refractivity contribution in [3.63, 3.8) is 0 Å². The van der Waals surface area contributed by atoms with Crippen LogP contribution in [-0.4, -0.2) is 16.1 Å². The first-order chi connectivity index (χ1) is 9.11. The fourth-order valence-electron chi connectivity index (χ4n) is 1.84. The molecule has 0 aliphatic heterocycles. The smallest absolute Gasteiger partial charge is 0.308 e. The lowest BCUT2D eigenvalue weighted by molar-refractivity contribution is -0.136. The highest BCUT2D eigenvalue weighted by atomic mass is 35.5. The number of carboxylic acid groups (broad SMARTS) is 1. The predicted octanol–water partition coefficient (Wildman–Crippen LogP) is 4.04. The largest absolute Gasteiger partial charge is 0.481 e. The van der Waals surface area contributed by atoms with E-state index < -0.39 is 5.97 Å². The minimum absolute atomic E-state index is 0.0253. The van der Waals surface area contributed by atoms with Gasteiger partial charge in [0.2, 0.25) is 0 Å². The molecule has 2 rings (SSSR count). The van der Waals surface area contributed by atoms with Crippen molar-refractivity contribution in [3.8, 4) is 10.6 Å². The van der Waals surface area contributed by atoms with Gasteiger partial charge in [-0.1, -0.05) is 43.1 Å². The molecule has 5 heteroatoms. The van der Waals surface area contributed by atoms with Crippen LogP contribution in [0.3, 0.4) is 0 Å². The van der Waals surface area contributed by atoms with Gasteiger partial charge in [0.05, 0.1) is 17.1 Å². The summed E-state index contributed by atoms with van der Waals surface area (Å²) in [7, 11) is 0. The molecule has 1 aromatic carbocycles. The van der Waals surface area contributed by atoms with Crippen LogP contribution in [0.25, 0.3) is 10.6 Å². The molecule has 1 aromatic heterocycles. The molecule has 3 nitrogen and oxygen atoms in total. The number of thiazole rings is 1. The van der Waals surface area contributed by atoms with Crippen LogP contribution >= 0.6 is 22.9 Å². The molecule has 0 unspecified atom stereocenters. The highest BCUT2D eigenvalue weighted by Crippen LogP contribution is 2.33. The normalized spacial score (nSPS) is 10.6. The third kappa shape index (κ3) is 3.33. The van der Waals surface area contributed by atoms with Crippen molar-refractivity contribution < 1.29 is 9.90 Å². The van der Waals surface area contributed by atoms with Crippen molar-refractivity contribution in [2.75, 3.05) is 0 Å². The van der Waals surface area contributed by atoms with Crippen LogP contribution in [0.5, 0.6) is 0 Å². The third-order valence-corrected chi connectivity index (χ3v) is 4.14. The second kappa shape index (κ2) is 6.17. The lowest BCUT2D eigenvalue weighted by atomic mass is 10.2. The maximum atomic E-state index is 10.9. The van der Waals surface area contributed by atoms with Crippen molar-refractivity contribution in [1.29, 1.82) is 0 Å². The Hall–Kier alpha value is -1.39. The number of aromatic nitrogens is 1. The second-order valence-electron chi connectivity index (χ2n) is 4.19. The number of nitrogens with zero attached hydrogens (tertiary/aromatic N) is 1. The van der Waals surface area contributed by atoms with Gasteiger partial charge >= 0.3 is 5.97 Å². The molecule has 1 heterocycles. The molecular weight excluding hydrogens is 282 g/mol. The quantitative estimate of drug-likeness (QED) is 0.905. The highest BCUT2D eigenvalue weighted by molar-refractivity contribution is 7.15. The van der Waals surface area contributed by atoms with Crippen molar-refractivity contribution in [2.24, 2.45) is 0 Å². The predicted molar refractivity (Wildman–Crippen MR) is 77.9 cm³/mol. The van der Waals surface area contributed by atoms with Gasteiger partial charge in [0.1, 0.15) is 5.01 Å². The summed E-state index contributed by atoms with van der Waals surface area (Å²) in [5.74, 6) is -0.827. The van der Waals surface area contributed by atoms with Crippen molar-refractivity contribution in [2.45, 2.75) is 26.2 Å². The van der Waals surface area contributed by atoms with E-state index >= 15 is 0 Å². The Kier molecular flexibility index (Phi) is 4.56. The number of benzene rings is 1. The van der Waals surface area contributed by atoms with Crippen LogP contribution in [0, 0.1) is 0 Å². The highest BCUT2D eigenvalue weighted by Gasteiger charge is 2.15. The van der Waals surface area contributed by atoms with Gasteiger partial charge in [-0.3, -0.25) is 4.79 Å². The van der Waals surface area contributed by atoms with E-state index in [9.17, 15) is 4.79 Å². The minimum atomic E-state index is -0.827. The summed E-state index contributed by atoms with van der Waals surface area (Å²) in [5, 5.41) is 10.4. The van der Waals surface area contributed by atoms with Gasteiger partial charge in [-0.25, -0.2) is 4.98 Å². The zero-order valence-electron chi connectivity index (χ0n) is 10.5. The Labute approximate surface area is 120 Å². The van der Waals surface area contributed by atoms with E-state index in [2.05, 4.69) is 11.9 Å². The van der Waals surface area contributed by atoms with Gasteiger partial charge < -0.3 is 5.11 Å². The van der Waals surface area contributed by atoms with Crippen LogP contribution in [-0.2, 0) is 17.6 Å². The molecule has 0 fully saturated rings. The molecule has 0 atom stereocenters. The van der Waals surface area contributed by atoms with E-state index in [1.165, 1.54) is 11.3 Å². The molecule has 0 amide bonds. The molecule has 19 heavy (non-hydrogen) atoms. The maximum absolute atomic E-state index is 10.9. The van der Waals surface area contributed by atoms with E-state index in [1.54, 1.807) is 0 Å². The molecule has 0 radical (unpaired) electrons. The number of hydrogen-bond acceptors (Lipinski definition) is 3. The lowest BCUT2D eigenvalue weighted by Gasteiger charge is -1.98. The van der Waals surface area contributed by atoms with Crippen LogP contribution in [0.15, 0.2) is 24.3 Å². The third-order valence-electron chi connectivity index (χ3n) is 2.68. The molecule has 2 aromatic rings. The van der Waals surface area contributed by atoms with Gasteiger partial charge in [0.25, 0.3) is 0 Å². The molecule has 100 valence electrons. The Morgan fingerprint density at radius 1 is 1.42 bits per heavy atom. The summed E-state index contributed by atoms with van der Waals surface area (Å²) >= 11 is 7.57. The summed E-state index contributed by atoms with van der Waals surface area (Å²) in [6.07, 6.45) is 1.76. The van der Waals surface area contributed by atoms with E-state index in [-0.39, 0.29) is 6.42 Å². The van der Waals surface area contributed by atoms with Crippen LogP contribution in [0.2, 0.25) is 5.02 Å². The summed E-state index contributed by atoms with van der Waals surface area (Å²) in [5.41, 5.74) is 1.74. The second-order valence-corrected chi connectivity index (χ2v) is 5.68. The maximum Gasteiger partial charge on any atom is 0.308 e. The average Bonchev–Trinajstić information content (AvgIpc) is 2.72. The first kappa shape index (κ1) is 14.0. The van der Waals surface area contributed by atoms with E-state index in [4.69, 9.17) is 16.7 Å². The molecule has 0 saturated carbocycles. The van der Waals surface area contributed by atoms with Crippen molar-refractivity contribution in [3.05, 3.63) is 39.9 Å². The van der Waals surface area contributed by atoms with Crippen molar-refractivity contribution in [1.82, 2.24) is 4.98 Å². The van der Waals surface area contributed by atoms with Gasteiger partial charge in [-0.2, -0.15) is 0 Å². The van der Waals surface area contributed by atoms with Crippen LogP contribution < -0.4 is 0 Å². The van der Waals surface area contributed by atoms with Gasteiger partial charge in [-0.05, 0) is 12.5 Å². The molecule has 0 spiro atoms. The molecule has 0 bridgehead atoms. The Balaban J connectivity index is 2.42. The Morgan fingerprint density at radius 2 is 2.16 bits per heavy atom. The van der Waals surface area contributed by atoms with E-state index in [0.717, 1.165) is 34.0 Å². The lowest BCUT2D eigenvalue weighted by Crippen LogP contribution is -2.01. The average molecular weight is 296 g/mol. The Bertz CT molecular complexity index is 595. The SMILES string of the molecule is CCCc1nc(-c2ccccc2Cl)sc1CC(=O)O. The fourth-order valence-corrected chi connectivity index (χ4v) is 3.26. The van der Waals surface area contributed by atoms with Gasteiger partial charge in [-0.15, -0.1) is 11.3 Å². The number of halogens is 1. The summed E-state index contributed by atoms with van der Waals surface area (Å²) < 4.78 is 0. The topological polar surface area (TPSA) is 50.2 Å². The summed E-state index contributed by atoms with van der Waals surface area (Å²) in [6, 6.07) is 7.49. The molecule has 1 N–H and O–H groups in total. The molecular formula is C14H14ClNO2S. The zero-order valence-corrected chi connectivity index (χ0v) is 12.1. The van der Waals surface area contributed by atoms with E-state index in [0.29, 0.717) is 5.02 Å². The van der Waals surface area contributed by atoms with Gasteiger partial charge in [0.15, 0.2) is 0 Å². The Morgan fingerprint density at radius 3 is 2.79 bits per heavy atom. The first-order valence-corrected chi connectivity index (χ1v) is 7.26. The van der Waals surface area contributed by atoms with Gasteiger partial charge in [0, 0.05) is 10.4 Å². The number of aryl methyl sites for hydroxylation is 1. The number of rotatable bonds is 5. The monoisotopic (exact) mass is 295 g/mol. The number of aliphatic carboxylic acids is 1. The fraction of sp³-hybridized carbons (Fsp3) is 0.286. The number of carbonyl (C=O) groups is 1. The molecule has 0 aliphatic carbocycles. The minimum Gasteiger partial charge on any atom is -0.481 e. The zero-order chi connectivity index (χ0) is 13.8. The molecule has 0 aliphatic rings. The first-order valence-electron chi connectivity index (χ1n) is 6.07. The summed E-state index contributed by atoms with van der Waals surface area (Å²) in [4.78, 5) is 16.3. The van der Waals surface area contributed by atoms with Crippen LogP contribution in [0.1, 0.15) is 23.9 Å². The van der Waals surface area contributed by atoms with E-state index in [1.807, 2.05) is 24.3 Å².